The van der Waals surface area contributed by atoms with Gasteiger partial charge in [-0.05, 0) is 24.6 Å². The van der Waals surface area contributed by atoms with Crippen molar-refractivity contribution in [1.29, 1.82) is 0 Å². The monoisotopic (exact) mass is 332 g/mol. The number of halogens is 1. The predicted octanol–water partition coefficient (Wildman–Crippen LogP) is 2.06. The van der Waals surface area contributed by atoms with Crippen molar-refractivity contribution in [2.45, 2.75) is 24.7 Å². The molecule has 6 heteroatoms. The fourth-order valence-electron chi connectivity index (χ4n) is 1.36. The molecule has 1 unspecified atom stereocenters. The predicted molar refractivity (Wildman–Crippen MR) is 77.7 cm³/mol. The summed E-state index contributed by atoms with van der Waals surface area (Å²) in [7, 11) is -1.41. The molecule has 0 aliphatic heterocycles. The van der Waals surface area contributed by atoms with Gasteiger partial charge in [0.1, 0.15) is 5.75 Å². The third-order valence-electron chi connectivity index (χ3n) is 2.34. The van der Waals surface area contributed by atoms with Gasteiger partial charge in [0.25, 0.3) is 0 Å². The molecule has 1 amide bonds. The van der Waals surface area contributed by atoms with E-state index in [-0.39, 0.29) is 11.7 Å². The van der Waals surface area contributed by atoms with Crippen molar-refractivity contribution in [3.05, 3.63) is 22.7 Å². The van der Waals surface area contributed by atoms with Gasteiger partial charge < -0.3 is 11.1 Å². The Kier molecular flexibility index (Phi) is 6.35. The van der Waals surface area contributed by atoms with E-state index in [9.17, 15) is 9.00 Å². The van der Waals surface area contributed by atoms with E-state index in [0.717, 1.165) is 17.3 Å². The first kappa shape index (κ1) is 15.2. The van der Waals surface area contributed by atoms with Crippen LogP contribution in [0.3, 0.4) is 0 Å². The van der Waals surface area contributed by atoms with Gasteiger partial charge in [0.2, 0.25) is 5.91 Å². The first-order valence-electron chi connectivity index (χ1n) is 5.74. The Labute approximate surface area is 118 Å². The topological polar surface area (TPSA) is 72.2 Å². The maximum absolute atomic E-state index is 12.0. The van der Waals surface area contributed by atoms with Gasteiger partial charge in [0.05, 0.1) is 15.7 Å². The van der Waals surface area contributed by atoms with Crippen molar-refractivity contribution in [2.75, 3.05) is 18.0 Å². The van der Waals surface area contributed by atoms with Crippen LogP contribution < -0.4 is 11.1 Å². The van der Waals surface area contributed by atoms with Gasteiger partial charge in [-0.2, -0.15) is 0 Å². The lowest BCUT2D eigenvalue weighted by atomic mass is 10.3. The fraction of sp³-hybridized carbons (Fsp3) is 0.417. The summed E-state index contributed by atoms with van der Waals surface area (Å²) in [4.78, 5) is 12.0. The molecule has 0 saturated heterocycles. The Morgan fingerprint density at radius 3 is 2.89 bits per heavy atom. The minimum absolute atomic E-state index is 0.0512. The van der Waals surface area contributed by atoms with Crippen LogP contribution in [-0.2, 0) is 15.6 Å². The van der Waals surface area contributed by atoms with Crippen LogP contribution >= 0.6 is 15.9 Å². The van der Waals surface area contributed by atoms with Crippen molar-refractivity contribution in [3.63, 3.8) is 0 Å². The van der Waals surface area contributed by atoms with Gasteiger partial charge in [-0.3, -0.25) is 9.00 Å². The summed E-state index contributed by atoms with van der Waals surface area (Å²) in [5.74, 6) is -0.258. The van der Waals surface area contributed by atoms with Gasteiger partial charge >= 0.3 is 0 Å². The fourth-order valence-corrected chi connectivity index (χ4v) is 2.96. The summed E-state index contributed by atoms with van der Waals surface area (Å²) >= 11 is 3.29. The minimum Gasteiger partial charge on any atom is -0.398 e. The first-order valence-corrected chi connectivity index (χ1v) is 7.86. The highest BCUT2D eigenvalue weighted by Gasteiger charge is 2.12. The average molecular weight is 333 g/mol. The maximum atomic E-state index is 12.0. The van der Waals surface area contributed by atoms with Crippen LogP contribution in [0.2, 0.25) is 0 Å². The molecule has 0 heterocycles. The Morgan fingerprint density at radius 1 is 1.50 bits per heavy atom. The second kappa shape index (κ2) is 7.53. The second-order valence-electron chi connectivity index (χ2n) is 3.88. The molecule has 0 aromatic heterocycles. The Hall–Kier alpha value is -0.880. The number of hydrogen-bond donors (Lipinski definition) is 2. The van der Waals surface area contributed by atoms with E-state index in [1.807, 2.05) is 6.92 Å². The van der Waals surface area contributed by atoms with Gasteiger partial charge in [0.15, 0.2) is 0 Å². The van der Waals surface area contributed by atoms with Crippen LogP contribution in [0, 0.1) is 0 Å². The summed E-state index contributed by atoms with van der Waals surface area (Å²) < 4.78 is 12.8. The Bertz CT molecular complexity index is 452. The van der Waals surface area contributed by atoms with Crippen molar-refractivity contribution in [2.24, 2.45) is 0 Å². The first-order chi connectivity index (χ1) is 8.54. The smallest absolute Gasteiger partial charge is 0.233 e. The number of anilines is 1. The number of amides is 1. The standard InChI is InChI=1S/C12H17BrN2O2S/c1-2-3-6-15-12(16)8-18(17)11-7-9(13)4-5-10(11)14/h4-5,7H,2-3,6,8,14H2,1H3,(H,15,16). The van der Waals surface area contributed by atoms with Crippen LogP contribution in [0.1, 0.15) is 19.8 Å². The van der Waals surface area contributed by atoms with Crippen molar-refractivity contribution < 1.29 is 9.00 Å². The molecule has 0 spiro atoms. The molecule has 4 nitrogen and oxygen atoms in total. The lowest BCUT2D eigenvalue weighted by molar-refractivity contribution is -0.118. The number of nitrogens with two attached hydrogens (primary N) is 1. The maximum Gasteiger partial charge on any atom is 0.233 e. The highest BCUT2D eigenvalue weighted by atomic mass is 79.9. The van der Waals surface area contributed by atoms with Crippen molar-refractivity contribution in [3.8, 4) is 0 Å². The number of benzene rings is 1. The summed E-state index contributed by atoms with van der Waals surface area (Å²) in [6, 6.07) is 5.13. The summed E-state index contributed by atoms with van der Waals surface area (Å²) in [6.45, 7) is 2.67. The van der Waals surface area contributed by atoms with Gasteiger partial charge in [-0.15, -0.1) is 0 Å². The zero-order chi connectivity index (χ0) is 13.5. The average Bonchev–Trinajstić information content (AvgIpc) is 2.32. The van der Waals surface area contributed by atoms with E-state index >= 15 is 0 Å². The lowest BCUT2D eigenvalue weighted by Gasteiger charge is -2.07. The van der Waals surface area contributed by atoms with Gasteiger partial charge in [0, 0.05) is 16.7 Å². The van der Waals surface area contributed by atoms with Crippen molar-refractivity contribution in [1.82, 2.24) is 5.32 Å². The van der Waals surface area contributed by atoms with Crippen LogP contribution in [0.15, 0.2) is 27.6 Å². The van der Waals surface area contributed by atoms with Gasteiger partial charge in [-0.25, -0.2) is 0 Å². The molecule has 1 rings (SSSR count). The highest BCUT2D eigenvalue weighted by molar-refractivity contribution is 9.10. The third kappa shape index (κ3) is 4.78. The molecule has 0 saturated carbocycles. The zero-order valence-corrected chi connectivity index (χ0v) is 12.6. The molecular formula is C12H17BrN2O2S. The minimum atomic E-state index is -1.41. The molecule has 1 atom stereocenters. The number of nitrogens with one attached hydrogen (secondary N) is 1. The number of rotatable bonds is 6. The summed E-state index contributed by atoms with van der Waals surface area (Å²) in [5.41, 5.74) is 6.18. The molecule has 0 aliphatic rings. The van der Waals surface area contributed by atoms with E-state index in [2.05, 4.69) is 21.2 Å². The van der Waals surface area contributed by atoms with Crippen LogP contribution in [0.5, 0.6) is 0 Å². The molecular weight excluding hydrogens is 316 g/mol. The highest BCUT2D eigenvalue weighted by Crippen LogP contribution is 2.21. The molecule has 1 aromatic rings. The Balaban J connectivity index is 2.59. The van der Waals surface area contributed by atoms with Crippen molar-refractivity contribution >= 4 is 38.3 Å². The SMILES string of the molecule is CCCCNC(=O)CS(=O)c1cc(Br)ccc1N. The number of unbranched alkanes of at least 4 members (excludes halogenated alkanes) is 1. The normalized spacial score (nSPS) is 12.1. The summed E-state index contributed by atoms with van der Waals surface area (Å²) in [6.07, 6.45) is 1.94. The largest absolute Gasteiger partial charge is 0.398 e. The van der Waals surface area contributed by atoms with E-state index in [1.54, 1.807) is 18.2 Å². The second-order valence-corrected chi connectivity index (χ2v) is 6.21. The number of hydrogen-bond acceptors (Lipinski definition) is 3. The molecule has 0 radical (unpaired) electrons. The quantitative estimate of drug-likeness (QED) is 0.618. The molecule has 0 aliphatic carbocycles. The summed E-state index contributed by atoms with van der Waals surface area (Å²) in [5, 5.41) is 2.73. The molecule has 0 fully saturated rings. The number of nitrogen functional groups attached to an aromatic ring is 1. The van der Waals surface area contributed by atoms with E-state index in [4.69, 9.17) is 5.73 Å². The van der Waals surface area contributed by atoms with E-state index in [0.29, 0.717) is 17.1 Å². The molecule has 1 aromatic carbocycles. The molecule has 100 valence electrons. The molecule has 0 bridgehead atoms. The van der Waals surface area contributed by atoms with E-state index < -0.39 is 10.8 Å². The molecule has 3 N–H and O–H groups in total. The Morgan fingerprint density at radius 2 is 2.22 bits per heavy atom. The van der Waals surface area contributed by atoms with E-state index in [1.165, 1.54) is 0 Å². The number of carbonyl (C=O) groups is 1. The van der Waals surface area contributed by atoms with Crippen LogP contribution in [0.4, 0.5) is 5.69 Å². The lowest BCUT2D eigenvalue weighted by Crippen LogP contribution is -2.29. The van der Waals surface area contributed by atoms with Crippen LogP contribution in [-0.4, -0.2) is 22.4 Å². The third-order valence-corrected chi connectivity index (χ3v) is 4.20. The van der Waals surface area contributed by atoms with Gasteiger partial charge in [-0.1, -0.05) is 29.3 Å². The van der Waals surface area contributed by atoms with Crippen LogP contribution in [0.25, 0.3) is 0 Å². The number of carbonyl (C=O) groups excluding carboxylic acids is 1. The zero-order valence-electron chi connectivity index (χ0n) is 10.2. The molecule has 18 heavy (non-hydrogen) atoms.